The van der Waals surface area contributed by atoms with Gasteiger partial charge in [0.25, 0.3) is 0 Å². The van der Waals surface area contributed by atoms with Gasteiger partial charge in [-0.05, 0) is 11.4 Å². The van der Waals surface area contributed by atoms with E-state index < -0.39 is 0 Å². The van der Waals surface area contributed by atoms with Crippen molar-refractivity contribution in [1.29, 1.82) is 31.7 Å². The molecule has 7 nitrogen and oxygen atoms in total. The van der Waals surface area contributed by atoms with Crippen LogP contribution in [0.3, 0.4) is 0 Å². The molecule has 1 aliphatic rings. The van der Waals surface area contributed by atoms with Crippen LogP contribution in [0.15, 0.2) is 64.0 Å². The Morgan fingerprint density at radius 3 is 1.92 bits per heavy atom. The third-order valence-corrected chi connectivity index (χ3v) is 3.50. The first-order chi connectivity index (χ1) is 12.7. The molecule has 2 N–H and O–H groups in total. The number of allylic oxidation sites excluding steroid dienone is 5. The number of nitriles is 5. The Morgan fingerprint density at radius 1 is 0.846 bits per heavy atom. The molecule has 0 amide bonds. The smallest absolute Gasteiger partial charge is 0.154 e. The van der Waals surface area contributed by atoms with E-state index in [0.29, 0.717) is 5.56 Å². The largest absolute Gasteiger partial charge is 0.350 e. The predicted octanol–water partition coefficient (Wildman–Crippen LogP) is 2.34. The quantitative estimate of drug-likeness (QED) is 0.625. The highest BCUT2D eigenvalue weighted by atomic mass is 14.9. The van der Waals surface area contributed by atoms with Crippen LogP contribution in [0.5, 0.6) is 0 Å². The second-order valence-electron chi connectivity index (χ2n) is 4.80. The van der Waals surface area contributed by atoms with Crippen molar-refractivity contribution < 1.29 is 0 Å². The number of hydrogen-bond acceptors (Lipinski definition) is 7. The molecule has 0 saturated carbocycles. The predicted molar refractivity (Wildman–Crippen MR) is 89.9 cm³/mol. The van der Waals surface area contributed by atoms with Crippen LogP contribution >= 0.6 is 0 Å². The number of benzene rings is 1. The van der Waals surface area contributed by atoms with Crippen molar-refractivity contribution in [2.75, 3.05) is 0 Å². The lowest BCUT2D eigenvalue weighted by molar-refractivity contribution is 0.981. The monoisotopic (exact) mass is 333 g/mol. The van der Waals surface area contributed by atoms with Crippen LogP contribution in [0.4, 0.5) is 0 Å². The summed E-state index contributed by atoms with van der Waals surface area (Å²) in [5.74, 6) is 1.93. The maximum Gasteiger partial charge on any atom is 0.154 e. The Morgan fingerprint density at radius 2 is 1.46 bits per heavy atom. The Kier molecular flexibility index (Phi) is 5.12. The summed E-state index contributed by atoms with van der Waals surface area (Å²) < 4.78 is 0. The van der Waals surface area contributed by atoms with E-state index in [1.54, 1.807) is 48.5 Å². The fraction of sp³-hybridized carbons (Fsp3) is 0. The highest BCUT2D eigenvalue weighted by Gasteiger charge is 2.30. The standard InChI is InChI=1S/C19H7N7/c20-6-13(7-21)18-15(10-24)17(12-4-2-1-3-5-12)16(11-25)19(26-18)14(8-22)9-23/h1-5,20,26H. The van der Waals surface area contributed by atoms with Crippen molar-refractivity contribution in [3.8, 4) is 30.3 Å². The lowest BCUT2D eigenvalue weighted by atomic mass is 9.86. The Labute approximate surface area is 149 Å². The summed E-state index contributed by atoms with van der Waals surface area (Å²) in [7, 11) is 0. The Bertz CT molecular complexity index is 1120. The van der Waals surface area contributed by atoms with Gasteiger partial charge in [-0.15, -0.1) is 0 Å². The number of nitrogens with one attached hydrogen (secondary N) is 2. The summed E-state index contributed by atoms with van der Waals surface area (Å²) in [5, 5.41) is 56.8. The molecule has 118 valence electrons. The maximum atomic E-state index is 9.64. The van der Waals surface area contributed by atoms with Gasteiger partial charge in [0.1, 0.15) is 35.9 Å². The molecule has 0 unspecified atom stereocenters. The number of hydrogen-bond donors (Lipinski definition) is 2. The Balaban J connectivity index is 3.07. The third-order valence-electron chi connectivity index (χ3n) is 3.50. The van der Waals surface area contributed by atoms with E-state index in [-0.39, 0.29) is 39.3 Å². The molecule has 2 rings (SSSR count). The van der Waals surface area contributed by atoms with E-state index in [9.17, 15) is 26.3 Å². The van der Waals surface area contributed by atoms with Crippen LogP contribution in [0, 0.1) is 62.1 Å². The van der Waals surface area contributed by atoms with Gasteiger partial charge in [0.2, 0.25) is 0 Å². The minimum absolute atomic E-state index is 0.0528. The van der Waals surface area contributed by atoms with Crippen LogP contribution < -0.4 is 5.32 Å². The number of rotatable bonds is 2. The highest BCUT2D eigenvalue weighted by Crippen LogP contribution is 2.37. The van der Waals surface area contributed by atoms with Gasteiger partial charge in [-0.25, -0.2) is 0 Å². The van der Waals surface area contributed by atoms with Crippen molar-refractivity contribution in [3.63, 3.8) is 0 Å². The van der Waals surface area contributed by atoms with Gasteiger partial charge in [0.15, 0.2) is 5.57 Å². The molecule has 0 spiro atoms. The van der Waals surface area contributed by atoms with E-state index >= 15 is 0 Å². The average Bonchev–Trinajstić information content (AvgIpc) is 2.70. The van der Waals surface area contributed by atoms with Crippen molar-refractivity contribution in [2.24, 2.45) is 0 Å². The third kappa shape index (κ3) is 2.83. The maximum absolute atomic E-state index is 9.64. The summed E-state index contributed by atoms with van der Waals surface area (Å²) in [6, 6.07) is 17.4. The summed E-state index contributed by atoms with van der Waals surface area (Å²) in [6.07, 6.45) is 0. The van der Waals surface area contributed by atoms with E-state index in [0.717, 1.165) is 0 Å². The highest BCUT2D eigenvalue weighted by molar-refractivity contribution is 5.94. The van der Waals surface area contributed by atoms with Crippen LogP contribution in [0.1, 0.15) is 5.56 Å². The summed E-state index contributed by atoms with van der Waals surface area (Å²) in [4.78, 5) is 0. The normalized spacial score (nSPS) is 12.3. The van der Waals surface area contributed by atoms with Crippen molar-refractivity contribution in [2.45, 2.75) is 0 Å². The topological polar surface area (TPSA) is 155 Å². The van der Waals surface area contributed by atoms with Crippen LogP contribution in [0.2, 0.25) is 0 Å². The molecule has 1 heterocycles. The zero-order chi connectivity index (χ0) is 19.1. The van der Waals surface area contributed by atoms with Gasteiger partial charge in [-0.2, -0.15) is 26.3 Å². The van der Waals surface area contributed by atoms with E-state index in [4.69, 9.17) is 5.41 Å². The summed E-state index contributed by atoms with van der Waals surface area (Å²) >= 11 is 0. The van der Waals surface area contributed by atoms with Crippen LogP contribution in [-0.2, 0) is 0 Å². The molecular formula is C19H7N7. The SMILES string of the molecule is N#CC(=C=N)C1=C(C#N)C(c2ccccc2)=C(C#N)C(=C(C#N)C#N)N1. The second kappa shape index (κ2) is 7.61. The first kappa shape index (κ1) is 17.5. The van der Waals surface area contributed by atoms with Crippen molar-refractivity contribution in [1.82, 2.24) is 5.32 Å². The lowest BCUT2D eigenvalue weighted by Gasteiger charge is -2.23. The number of dihydropyridines is 1. The Hall–Kier alpha value is -4.86. The van der Waals surface area contributed by atoms with Gasteiger partial charge >= 0.3 is 0 Å². The van der Waals surface area contributed by atoms with Gasteiger partial charge in [0, 0.05) is 5.57 Å². The molecule has 1 aromatic rings. The van der Waals surface area contributed by atoms with Gasteiger partial charge in [-0.1, -0.05) is 30.3 Å². The summed E-state index contributed by atoms with van der Waals surface area (Å²) in [6.45, 7) is 0. The average molecular weight is 333 g/mol. The molecule has 0 aromatic heterocycles. The molecule has 7 heteroatoms. The molecule has 26 heavy (non-hydrogen) atoms. The van der Waals surface area contributed by atoms with Crippen LogP contribution in [-0.4, -0.2) is 5.87 Å². The molecule has 1 aliphatic heterocycles. The molecule has 0 saturated heterocycles. The second-order valence-corrected chi connectivity index (χ2v) is 4.80. The fourth-order valence-electron chi connectivity index (χ4n) is 2.40. The zero-order valence-electron chi connectivity index (χ0n) is 13.1. The molecular weight excluding hydrogens is 326 g/mol. The molecule has 0 fully saturated rings. The molecule has 1 aromatic carbocycles. The molecule has 0 radical (unpaired) electrons. The van der Waals surface area contributed by atoms with E-state index in [1.165, 1.54) is 0 Å². The van der Waals surface area contributed by atoms with E-state index in [2.05, 4.69) is 5.32 Å². The minimum Gasteiger partial charge on any atom is -0.350 e. The first-order valence-electron chi connectivity index (χ1n) is 7.03. The lowest BCUT2D eigenvalue weighted by Crippen LogP contribution is -2.25. The van der Waals surface area contributed by atoms with Gasteiger partial charge in [-0.3, -0.25) is 5.41 Å². The van der Waals surface area contributed by atoms with Crippen LogP contribution in [0.25, 0.3) is 5.57 Å². The molecule has 0 bridgehead atoms. The summed E-state index contributed by atoms with van der Waals surface area (Å²) in [5.41, 5.74) is -0.333. The van der Waals surface area contributed by atoms with Gasteiger partial charge in [0.05, 0.1) is 22.5 Å². The van der Waals surface area contributed by atoms with E-state index in [1.807, 2.05) is 18.0 Å². The zero-order valence-corrected chi connectivity index (χ0v) is 13.1. The van der Waals surface area contributed by atoms with Gasteiger partial charge < -0.3 is 5.32 Å². The number of nitrogens with zero attached hydrogens (tertiary/aromatic N) is 5. The van der Waals surface area contributed by atoms with Crippen molar-refractivity contribution >= 4 is 11.4 Å². The molecule has 0 atom stereocenters. The first-order valence-corrected chi connectivity index (χ1v) is 7.03. The van der Waals surface area contributed by atoms with Crippen molar-refractivity contribution in [3.05, 3.63) is 69.6 Å². The minimum atomic E-state index is -0.383. The molecule has 0 aliphatic carbocycles. The fourth-order valence-corrected chi connectivity index (χ4v) is 2.40.